The van der Waals surface area contributed by atoms with Crippen molar-refractivity contribution < 1.29 is 13.9 Å². The summed E-state index contributed by atoms with van der Waals surface area (Å²) in [4.78, 5) is 16.0. The molecule has 2 amide bonds. The third-order valence-electron chi connectivity index (χ3n) is 2.95. The third kappa shape index (κ3) is 5.58. The van der Waals surface area contributed by atoms with Gasteiger partial charge in [0.15, 0.2) is 0 Å². The zero-order valence-corrected chi connectivity index (χ0v) is 13.2. The molecular formula is C17H20FN3O2. The number of nitrogens with zero attached hydrogens (tertiary/aromatic N) is 1. The number of hydrogen-bond donors (Lipinski definition) is 2. The Morgan fingerprint density at radius 2 is 2.13 bits per heavy atom. The number of aromatic nitrogens is 1. The maximum atomic E-state index is 13.1. The number of amides is 2. The molecule has 0 aliphatic rings. The van der Waals surface area contributed by atoms with E-state index >= 15 is 0 Å². The minimum absolute atomic E-state index is 0.0403. The number of anilines is 1. The van der Waals surface area contributed by atoms with Gasteiger partial charge in [0.05, 0.1) is 6.10 Å². The van der Waals surface area contributed by atoms with Crippen LogP contribution >= 0.6 is 0 Å². The lowest BCUT2D eigenvalue weighted by molar-refractivity contribution is 0.233. The van der Waals surface area contributed by atoms with Gasteiger partial charge in [-0.1, -0.05) is 12.1 Å². The van der Waals surface area contributed by atoms with Crippen molar-refractivity contribution in [2.75, 3.05) is 11.9 Å². The van der Waals surface area contributed by atoms with E-state index in [2.05, 4.69) is 15.6 Å². The van der Waals surface area contributed by atoms with E-state index in [9.17, 15) is 9.18 Å². The summed E-state index contributed by atoms with van der Waals surface area (Å²) >= 11 is 0. The van der Waals surface area contributed by atoms with Crippen LogP contribution in [0.25, 0.3) is 0 Å². The summed E-state index contributed by atoms with van der Waals surface area (Å²) in [5.41, 5.74) is 1.33. The minimum Gasteiger partial charge on any atom is -0.473 e. The van der Waals surface area contributed by atoms with Gasteiger partial charge in [0.2, 0.25) is 5.88 Å². The summed E-state index contributed by atoms with van der Waals surface area (Å²) < 4.78 is 18.6. The van der Waals surface area contributed by atoms with Gasteiger partial charge in [-0.3, -0.25) is 0 Å². The van der Waals surface area contributed by atoms with E-state index in [1.165, 1.54) is 12.1 Å². The summed E-state index contributed by atoms with van der Waals surface area (Å²) in [6, 6.07) is 9.39. The van der Waals surface area contributed by atoms with Crippen molar-refractivity contribution in [3.63, 3.8) is 0 Å². The number of urea groups is 1. The van der Waals surface area contributed by atoms with Crippen molar-refractivity contribution >= 4 is 11.7 Å². The first-order valence-electron chi connectivity index (χ1n) is 7.45. The van der Waals surface area contributed by atoms with Crippen molar-refractivity contribution in [1.29, 1.82) is 0 Å². The second kappa shape index (κ2) is 8.12. The quantitative estimate of drug-likeness (QED) is 0.858. The van der Waals surface area contributed by atoms with E-state index in [0.29, 0.717) is 24.5 Å². The highest BCUT2D eigenvalue weighted by Crippen LogP contribution is 2.21. The fourth-order valence-corrected chi connectivity index (χ4v) is 1.98. The van der Waals surface area contributed by atoms with E-state index < -0.39 is 0 Å². The van der Waals surface area contributed by atoms with Crippen LogP contribution in [0.5, 0.6) is 5.88 Å². The van der Waals surface area contributed by atoms with Crippen LogP contribution in [-0.4, -0.2) is 23.7 Å². The minimum atomic E-state index is -0.358. The van der Waals surface area contributed by atoms with E-state index in [4.69, 9.17) is 4.74 Å². The van der Waals surface area contributed by atoms with Gasteiger partial charge in [-0.25, -0.2) is 14.2 Å². The molecule has 0 aliphatic carbocycles. The molecule has 1 aromatic heterocycles. The van der Waals surface area contributed by atoms with Crippen LogP contribution < -0.4 is 15.4 Å². The highest BCUT2D eigenvalue weighted by Gasteiger charge is 2.09. The molecule has 2 N–H and O–H groups in total. The standard InChI is InChI=1S/C17H20FN3O2/c1-12(2)23-16-15(7-4-9-19-16)21-17(22)20-10-8-13-5-3-6-14(18)11-13/h3-7,9,11-12H,8,10H2,1-2H3,(H2,20,21,22). The van der Waals surface area contributed by atoms with E-state index in [1.807, 2.05) is 19.9 Å². The van der Waals surface area contributed by atoms with Crippen LogP contribution in [0.2, 0.25) is 0 Å². The lowest BCUT2D eigenvalue weighted by atomic mass is 10.1. The molecule has 1 aromatic carbocycles. The van der Waals surface area contributed by atoms with Gasteiger partial charge in [-0.2, -0.15) is 0 Å². The van der Waals surface area contributed by atoms with Crippen LogP contribution in [0.1, 0.15) is 19.4 Å². The lowest BCUT2D eigenvalue weighted by Gasteiger charge is -2.13. The van der Waals surface area contributed by atoms with Gasteiger partial charge in [-0.05, 0) is 50.1 Å². The Morgan fingerprint density at radius 1 is 1.30 bits per heavy atom. The normalized spacial score (nSPS) is 10.4. The zero-order chi connectivity index (χ0) is 16.7. The molecule has 0 atom stereocenters. The molecule has 122 valence electrons. The Labute approximate surface area is 134 Å². The Bertz CT molecular complexity index is 662. The summed E-state index contributed by atoms with van der Waals surface area (Å²) in [7, 11) is 0. The second-order valence-electron chi connectivity index (χ2n) is 5.28. The monoisotopic (exact) mass is 317 g/mol. The molecule has 0 radical (unpaired) electrons. The molecule has 0 spiro atoms. The van der Waals surface area contributed by atoms with Crippen LogP contribution in [0.3, 0.4) is 0 Å². The third-order valence-corrected chi connectivity index (χ3v) is 2.95. The van der Waals surface area contributed by atoms with Crippen molar-refractivity contribution in [3.8, 4) is 5.88 Å². The van der Waals surface area contributed by atoms with Crippen molar-refractivity contribution in [2.45, 2.75) is 26.4 Å². The molecule has 5 nitrogen and oxygen atoms in total. The molecular weight excluding hydrogens is 297 g/mol. The summed E-state index contributed by atoms with van der Waals surface area (Å²) in [5, 5.41) is 5.43. The van der Waals surface area contributed by atoms with Crippen LogP contribution in [-0.2, 0) is 6.42 Å². The molecule has 0 unspecified atom stereocenters. The summed E-state index contributed by atoms with van der Waals surface area (Å²) in [6.45, 7) is 4.17. The smallest absolute Gasteiger partial charge is 0.319 e. The van der Waals surface area contributed by atoms with Gasteiger partial charge >= 0.3 is 6.03 Å². The molecule has 0 bridgehead atoms. The Kier molecular flexibility index (Phi) is 5.91. The first kappa shape index (κ1) is 16.7. The number of nitrogens with one attached hydrogen (secondary N) is 2. The molecule has 0 saturated carbocycles. The van der Waals surface area contributed by atoms with Gasteiger partial charge in [0.1, 0.15) is 11.5 Å². The highest BCUT2D eigenvalue weighted by atomic mass is 19.1. The van der Waals surface area contributed by atoms with Crippen molar-refractivity contribution in [3.05, 3.63) is 54.0 Å². The number of ether oxygens (including phenoxy) is 1. The molecule has 6 heteroatoms. The van der Waals surface area contributed by atoms with E-state index in [-0.39, 0.29) is 18.0 Å². The molecule has 0 saturated heterocycles. The van der Waals surface area contributed by atoms with Gasteiger partial charge < -0.3 is 15.4 Å². The number of rotatable bonds is 6. The summed E-state index contributed by atoms with van der Waals surface area (Å²) in [6.07, 6.45) is 2.11. The number of hydrogen-bond acceptors (Lipinski definition) is 3. The average Bonchev–Trinajstić information content (AvgIpc) is 2.49. The number of benzene rings is 1. The number of carbonyl (C=O) groups excluding carboxylic acids is 1. The molecule has 0 fully saturated rings. The van der Waals surface area contributed by atoms with Crippen LogP contribution in [0.4, 0.5) is 14.9 Å². The topological polar surface area (TPSA) is 63.2 Å². The first-order valence-corrected chi connectivity index (χ1v) is 7.45. The molecule has 0 aliphatic heterocycles. The maximum Gasteiger partial charge on any atom is 0.319 e. The van der Waals surface area contributed by atoms with E-state index in [1.54, 1.807) is 24.4 Å². The average molecular weight is 317 g/mol. The molecule has 2 rings (SSSR count). The highest BCUT2D eigenvalue weighted by molar-refractivity contribution is 5.90. The largest absolute Gasteiger partial charge is 0.473 e. The fraction of sp³-hybridized carbons (Fsp3) is 0.294. The Morgan fingerprint density at radius 3 is 2.87 bits per heavy atom. The van der Waals surface area contributed by atoms with Gasteiger partial charge in [0.25, 0.3) is 0 Å². The van der Waals surface area contributed by atoms with Crippen LogP contribution in [0.15, 0.2) is 42.6 Å². The first-order chi connectivity index (χ1) is 11.0. The molecule has 1 heterocycles. The van der Waals surface area contributed by atoms with Crippen LogP contribution in [0, 0.1) is 5.82 Å². The van der Waals surface area contributed by atoms with Gasteiger partial charge in [0, 0.05) is 12.7 Å². The number of carbonyl (C=O) groups is 1. The Balaban J connectivity index is 1.85. The maximum absolute atomic E-state index is 13.1. The van der Waals surface area contributed by atoms with Crippen molar-refractivity contribution in [2.24, 2.45) is 0 Å². The molecule has 23 heavy (non-hydrogen) atoms. The van der Waals surface area contributed by atoms with Crippen molar-refractivity contribution in [1.82, 2.24) is 10.3 Å². The van der Waals surface area contributed by atoms with Gasteiger partial charge in [-0.15, -0.1) is 0 Å². The Hall–Kier alpha value is -2.63. The predicted molar refractivity (Wildman–Crippen MR) is 87.1 cm³/mol. The number of halogens is 1. The van der Waals surface area contributed by atoms with E-state index in [0.717, 1.165) is 5.56 Å². The number of pyridine rings is 1. The second-order valence-corrected chi connectivity index (χ2v) is 5.28. The molecule has 2 aromatic rings. The predicted octanol–water partition coefficient (Wildman–Crippen LogP) is 3.37. The SMILES string of the molecule is CC(C)Oc1ncccc1NC(=O)NCCc1cccc(F)c1. The fourth-order valence-electron chi connectivity index (χ4n) is 1.98. The zero-order valence-electron chi connectivity index (χ0n) is 13.2. The summed E-state index contributed by atoms with van der Waals surface area (Å²) in [5.74, 6) is 0.0977. The lowest BCUT2D eigenvalue weighted by Crippen LogP contribution is -2.30.